The molecule has 3 fully saturated rings. The van der Waals surface area contributed by atoms with Crippen LogP contribution in [0.4, 0.5) is 13.6 Å². The third kappa shape index (κ3) is 7.07. The third-order valence-electron chi connectivity index (χ3n) is 9.79. The minimum atomic E-state index is -2.99. The van der Waals surface area contributed by atoms with Crippen molar-refractivity contribution in [3.05, 3.63) is 35.9 Å². The second kappa shape index (κ2) is 12.4. The van der Waals surface area contributed by atoms with Crippen molar-refractivity contribution in [2.24, 2.45) is 40.2 Å². The van der Waals surface area contributed by atoms with Crippen molar-refractivity contribution >= 4 is 35.3 Å². The molecule has 0 radical (unpaired) electrons. The van der Waals surface area contributed by atoms with Crippen LogP contribution in [0, 0.1) is 34.5 Å². The number of amides is 5. The number of primary amides is 1. The van der Waals surface area contributed by atoms with Crippen molar-refractivity contribution in [3.63, 3.8) is 0 Å². The summed E-state index contributed by atoms with van der Waals surface area (Å²) in [4.78, 5) is 80.1. The first-order valence-electron chi connectivity index (χ1n) is 15.7. The van der Waals surface area contributed by atoms with E-state index in [9.17, 15) is 37.5 Å². The average molecular weight is 646 g/mol. The molecule has 2 aliphatic carbocycles. The van der Waals surface area contributed by atoms with Crippen LogP contribution in [0.5, 0.6) is 0 Å². The summed E-state index contributed by atoms with van der Waals surface area (Å²) in [6.45, 7) is 12.9. The molecular weight excluding hydrogens is 600 g/mol. The number of nitrogens with zero attached hydrogens (tertiary/aromatic N) is 1. The average Bonchev–Trinajstić information content (AvgIpc) is 3.62. The van der Waals surface area contributed by atoms with Gasteiger partial charge in [0.1, 0.15) is 12.1 Å². The van der Waals surface area contributed by atoms with E-state index in [0.29, 0.717) is 5.56 Å². The van der Waals surface area contributed by atoms with Gasteiger partial charge in [-0.05, 0) is 35.0 Å². The molecule has 1 aromatic carbocycles. The van der Waals surface area contributed by atoms with Crippen molar-refractivity contribution < 1.29 is 37.5 Å². The number of carbonyl (C=O) groups excluding carboxylic acids is 6. The largest absolute Gasteiger partial charge is 0.363 e. The summed E-state index contributed by atoms with van der Waals surface area (Å²) < 4.78 is 27.4. The second-order valence-electron chi connectivity index (χ2n) is 14.9. The molecule has 0 bridgehead atoms. The summed E-state index contributed by atoms with van der Waals surface area (Å²) in [6.07, 6.45) is -0.920. The van der Waals surface area contributed by atoms with Crippen LogP contribution in [0.2, 0.25) is 0 Å². The number of fused-ring (bicyclic) bond motifs is 1. The number of benzene rings is 1. The number of hydrogen-bond donors (Lipinski definition) is 4. The van der Waals surface area contributed by atoms with E-state index < -0.39 is 83.8 Å². The quantitative estimate of drug-likeness (QED) is 0.201. The number of carbonyl (C=O) groups is 6. The molecular formula is C33H45F2N5O6. The minimum Gasteiger partial charge on any atom is -0.363 e. The fourth-order valence-corrected chi connectivity index (χ4v) is 6.73. The highest BCUT2D eigenvalue weighted by Gasteiger charge is 2.70. The number of piperidine rings is 1. The molecule has 1 saturated heterocycles. The van der Waals surface area contributed by atoms with E-state index in [-0.39, 0.29) is 35.5 Å². The SMILES string of the molecule is CC(C)[C@H](NC(=O)N[C@H](C(=O)N1C[C@H]2[C@@H]([C@H]1C(=O)NC(CC1CC1(F)F)C(=O)C(N)=O)C2(C)C)C(C)(C)C)C(=O)c1ccccc1. The zero-order valence-corrected chi connectivity index (χ0v) is 27.4. The summed E-state index contributed by atoms with van der Waals surface area (Å²) >= 11 is 0. The van der Waals surface area contributed by atoms with Crippen LogP contribution in [-0.2, 0) is 19.2 Å². The first-order chi connectivity index (χ1) is 21.2. The number of Topliss-reactive ketones (excluding diaryl/α,β-unsaturated/α-hetero) is 2. The topological polar surface area (TPSA) is 168 Å². The van der Waals surface area contributed by atoms with E-state index in [1.165, 1.54) is 4.90 Å². The Balaban J connectivity index is 1.54. The van der Waals surface area contributed by atoms with Gasteiger partial charge in [-0.3, -0.25) is 24.0 Å². The Bertz CT molecular complexity index is 1410. The van der Waals surface area contributed by atoms with Gasteiger partial charge < -0.3 is 26.6 Å². The number of halogens is 2. The molecule has 2 saturated carbocycles. The second-order valence-corrected chi connectivity index (χ2v) is 14.9. The van der Waals surface area contributed by atoms with Crippen LogP contribution in [0.15, 0.2) is 30.3 Å². The standard InChI is InChI=1S/C33H45F2N5O6/c1-16(2)22(24(41)17-11-9-8-10-12-17)38-30(46)39-26(31(3,4)5)29(45)40-15-19-21(32(19,6)7)23(40)28(44)37-20(25(42)27(36)43)13-18-14-33(18,34)35/h8-12,16,18-23,26H,13-15H2,1-7H3,(H2,36,43)(H,37,44)(H2,38,39,46)/t18?,19-,20?,21-,22-,23-,26+/m0/s1. The molecule has 1 aromatic rings. The van der Waals surface area contributed by atoms with E-state index in [1.807, 2.05) is 13.8 Å². The van der Waals surface area contributed by atoms with Gasteiger partial charge in [0.15, 0.2) is 5.78 Å². The van der Waals surface area contributed by atoms with Gasteiger partial charge in [-0.1, -0.05) is 78.8 Å². The molecule has 5 N–H and O–H groups in total. The molecule has 252 valence electrons. The first-order valence-corrected chi connectivity index (χ1v) is 15.7. The number of nitrogens with one attached hydrogen (secondary N) is 3. The minimum absolute atomic E-state index is 0.0616. The van der Waals surface area contributed by atoms with Crippen LogP contribution in [-0.4, -0.2) is 76.9 Å². The normalized spacial score (nSPS) is 25.8. The van der Waals surface area contributed by atoms with Gasteiger partial charge in [0.05, 0.1) is 12.1 Å². The molecule has 11 nitrogen and oxygen atoms in total. The molecule has 7 atom stereocenters. The lowest BCUT2D eigenvalue weighted by atomic mass is 9.85. The van der Waals surface area contributed by atoms with E-state index in [4.69, 9.17) is 5.73 Å². The Kier molecular flexibility index (Phi) is 9.40. The van der Waals surface area contributed by atoms with Crippen molar-refractivity contribution in [2.75, 3.05) is 6.54 Å². The lowest BCUT2D eigenvalue weighted by Crippen LogP contribution is -2.62. The third-order valence-corrected chi connectivity index (χ3v) is 9.79. The van der Waals surface area contributed by atoms with Crippen molar-refractivity contribution in [1.82, 2.24) is 20.9 Å². The molecule has 13 heteroatoms. The van der Waals surface area contributed by atoms with Crippen LogP contribution in [0.25, 0.3) is 0 Å². The predicted octanol–water partition coefficient (Wildman–Crippen LogP) is 2.68. The van der Waals surface area contributed by atoms with Gasteiger partial charge in [-0.2, -0.15) is 0 Å². The highest BCUT2D eigenvalue weighted by Crippen LogP contribution is 2.65. The maximum atomic E-state index is 14.2. The number of rotatable bonds is 12. The van der Waals surface area contributed by atoms with E-state index in [1.54, 1.807) is 65.0 Å². The number of ketones is 2. The molecule has 5 amide bonds. The van der Waals surface area contributed by atoms with Crippen LogP contribution < -0.4 is 21.7 Å². The van der Waals surface area contributed by atoms with Crippen molar-refractivity contribution in [1.29, 1.82) is 0 Å². The molecule has 4 rings (SSSR count). The number of likely N-dealkylation sites (tertiary alicyclic amines) is 1. The highest BCUT2D eigenvalue weighted by atomic mass is 19.3. The van der Waals surface area contributed by atoms with Gasteiger partial charge >= 0.3 is 6.03 Å². The lowest BCUT2D eigenvalue weighted by Gasteiger charge is -2.38. The van der Waals surface area contributed by atoms with Crippen LogP contribution in [0.3, 0.4) is 0 Å². The van der Waals surface area contributed by atoms with Crippen molar-refractivity contribution in [2.45, 2.75) is 91.4 Å². The fraction of sp³-hybridized carbons (Fsp3) is 0.636. The fourth-order valence-electron chi connectivity index (χ4n) is 6.73. The van der Waals surface area contributed by atoms with Crippen LogP contribution >= 0.6 is 0 Å². The number of hydrogen-bond acceptors (Lipinski definition) is 6. The maximum absolute atomic E-state index is 14.2. The Labute approximate surface area is 267 Å². The van der Waals surface area contributed by atoms with Gasteiger partial charge in [0.2, 0.25) is 17.6 Å². The maximum Gasteiger partial charge on any atom is 0.316 e. The zero-order valence-electron chi connectivity index (χ0n) is 27.4. The van der Waals surface area contributed by atoms with Gasteiger partial charge in [-0.15, -0.1) is 0 Å². The van der Waals surface area contributed by atoms with Gasteiger partial charge in [-0.25, -0.2) is 13.6 Å². The summed E-state index contributed by atoms with van der Waals surface area (Å²) in [5.74, 6) is -8.92. The molecule has 0 spiro atoms. The monoisotopic (exact) mass is 645 g/mol. The van der Waals surface area contributed by atoms with E-state index >= 15 is 0 Å². The molecule has 2 unspecified atom stereocenters. The highest BCUT2D eigenvalue weighted by molar-refractivity contribution is 6.37. The zero-order chi connectivity index (χ0) is 34.5. The van der Waals surface area contributed by atoms with Crippen LogP contribution in [0.1, 0.15) is 71.7 Å². The lowest BCUT2D eigenvalue weighted by molar-refractivity contribution is -0.145. The summed E-state index contributed by atoms with van der Waals surface area (Å²) in [6, 6.07) is 3.16. The number of urea groups is 1. The summed E-state index contributed by atoms with van der Waals surface area (Å²) in [5, 5.41) is 7.90. The summed E-state index contributed by atoms with van der Waals surface area (Å²) in [5.41, 5.74) is 4.43. The Morgan fingerprint density at radius 1 is 1.00 bits per heavy atom. The van der Waals surface area contributed by atoms with Gasteiger partial charge in [0.25, 0.3) is 11.8 Å². The van der Waals surface area contributed by atoms with E-state index in [0.717, 1.165) is 0 Å². The molecule has 1 heterocycles. The van der Waals surface area contributed by atoms with Crippen molar-refractivity contribution in [3.8, 4) is 0 Å². The van der Waals surface area contributed by atoms with E-state index in [2.05, 4.69) is 16.0 Å². The smallest absolute Gasteiger partial charge is 0.316 e. The Hall–Kier alpha value is -3.90. The summed E-state index contributed by atoms with van der Waals surface area (Å²) in [7, 11) is 0. The number of nitrogens with two attached hydrogens (primary N) is 1. The number of alkyl halides is 2. The Morgan fingerprint density at radius 3 is 2.09 bits per heavy atom. The molecule has 46 heavy (non-hydrogen) atoms. The molecule has 1 aliphatic heterocycles. The van der Waals surface area contributed by atoms with Gasteiger partial charge in [0, 0.05) is 24.4 Å². The molecule has 3 aliphatic rings. The first kappa shape index (κ1) is 35.0. The molecule has 0 aromatic heterocycles. The predicted molar refractivity (Wildman–Crippen MR) is 164 cm³/mol. The Morgan fingerprint density at radius 2 is 1.59 bits per heavy atom.